The number of hydrogen-bond donors (Lipinski definition) is 1. The van der Waals surface area contributed by atoms with Crippen molar-refractivity contribution in [1.29, 1.82) is 0 Å². The minimum Gasteiger partial charge on any atom is -0.496 e. The number of benzene rings is 1. The number of ether oxygens (including phenoxy) is 1. The van der Waals surface area contributed by atoms with E-state index in [1.165, 1.54) is 6.21 Å². The maximum Gasteiger partial charge on any atom is 0.263 e. The summed E-state index contributed by atoms with van der Waals surface area (Å²) in [5, 5.41) is 15.0. The third-order valence-corrected chi connectivity index (χ3v) is 2.21. The van der Waals surface area contributed by atoms with Crippen molar-refractivity contribution >= 4 is 23.8 Å². The first-order valence-corrected chi connectivity index (χ1v) is 5.00. The summed E-state index contributed by atoms with van der Waals surface area (Å²) in [5.74, 6) is 0.743. The topological polar surface area (TPSA) is 91.2 Å². The highest BCUT2D eigenvalue weighted by atomic mass is 35.5. The summed E-state index contributed by atoms with van der Waals surface area (Å²) in [4.78, 5) is 1.10. The first-order chi connectivity index (χ1) is 8.20. The van der Waals surface area contributed by atoms with Gasteiger partial charge in [0, 0.05) is 10.6 Å². The fourth-order valence-electron chi connectivity index (χ4n) is 1.19. The standard InChI is InChI=1S/C9H9ClN6O/c1-17-8-3-2-7(10)4-6(8)5-12-16-9(11)13-14-15-16/h2-5H,1H3,(H2,11,13,15). The number of tetrazole rings is 1. The first kappa shape index (κ1) is 11.3. The number of anilines is 1. The highest BCUT2D eigenvalue weighted by Crippen LogP contribution is 2.20. The van der Waals surface area contributed by atoms with Crippen molar-refractivity contribution in [3.63, 3.8) is 0 Å². The molecule has 0 amide bonds. The molecule has 2 rings (SSSR count). The predicted molar refractivity (Wildman–Crippen MR) is 63.2 cm³/mol. The summed E-state index contributed by atoms with van der Waals surface area (Å²) in [5.41, 5.74) is 6.16. The highest BCUT2D eigenvalue weighted by Gasteiger charge is 2.02. The molecule has 1 aromatic carbocycles. The van der Waals surface area contributed by atoms with E-state index in [2.05, 4.69) is 20.6 Å². The lowest BCUT2D eigenvalue weighted by atomic mass is 10.2. The molecule has 1 heterocycles. The Morgan fingerprint density at radius 3 is 3.00 bits per heavy atom. The SMILES string of the molecule is COc1ccc(Cl)cc1C=Nn1nnnc1N. The third-order valence-electron chi connectivity index (χ3n) is 1.97. The van der Waals surface area contributed by atoms with Gasteiger partial charge in [-0.25, -0.2) is 0 Å². The molecule has 0 aliphatic carbocycles. The van der Waals surface area contributed by atoms with E-state index in [9.17, 15) is 0 Å². The van der Waals surface area contributed by atoms with Crippen LogP contribution in [-0.2, 0) is 0 Å². The number of rotatable bonds is 3. The van der Waals surface area contributed by atoms with Gasteiger partial charge in [-0.05, 0) is 28.6 Å². The van der Waals surface area contributed by atoms with Gasteiger partial charge >= 0.3 is 0 Å². The van der Waals surface area contributed by atoms with Crippen molar-refractivity contribution in [2.75, 3.05) is 12.8 Å². The van der Waals surface area contributed by atoms with E-state index in [1.54, 1.807) is 25.3 Å². The van der Waals surface area contributed by atoms with Gasteiger partial charge in [0.25, 0.3) is 5.95 Å². The van der Waals surface area contributed by atoms with E-state index in [-0.39, 0.29) is 5.95 Å². The summed E-state index contributed by atoms with van der Waals surface area (Å²) in [6, 6.07) is 5.18. The molecule has 17 heavy (non-hydrogen) atoms. The van der Waals surface area contributed by atoms with E-state index in [0.717, 1.165) is 4.79 Å². The fraction of sp³-hybridized carbons (Fsp3) is 0.111. The van der Waals surface area contributed by atoms with Gasteiger partial charge in [-0.3, -0.25) is 0 Å². The lowest BCUT2D eigenvalue weighted by Crippen LogP contribution is -2.00. The molecule has 0 fully saturated rings. The van der Waals surface area contributed by atoms with E-state index in [1.807, 2.05) is 0 Å². The monoisotopic (exact) mass is 252 g/mol. The van der Waals surface area contributed by atoms with E-state index >= 15 is 0 Å². The third kappa shape index (κ3) is 2.51. The van der Waals surface area contributed by atoms with Crippen LogP contribution in [-0.4, -0.2) is 33.6 Å². The zero-order valence-corrected chi connectivity index (χ0v) is 9.66. The molecule has 0 aliphatic rings. The molecule has 88 valence electrons. The Hall–Kier alpha value is -2.15. The van der Waals surface area contributed by atoms with Crippen LogP contribution in [0.4, 0.5) is 5.95 Å². The summed E-state index contributed by atoms with van der Waals surface area (Å²) >= 11 is 5.88. The molecule has 0 atom stereocenters. The van der Waals surface area contributed by atoms with Crippen LogP contribution in [0.2, 0.25) is 5.02 Å². The van der Waals surface area contributed by atoms with Crippen LogP contribution in [0, 0.1) is 0 Å². The van der Waals surface area contributed by atoms with E-state index in [4.69, 9.17) is 22.1 Å². The van der Waals surface area contributed by atoms with Crippen LogP contribution in [0.15, 0.2) is 23.3 Å². The van der Waals surface area contributed by atoms with Crippen LogP contribution in [0.3, 0.4) is 0 Å². The highest BCUT2D eigenvalue weighted by molar-refractivity contribution is 6.30. The minimum atomic E-state index is 0.0993. The number of nitrogens with zero attached hydrogens (tertiary/aromatic N) is 5. The van der Waals surface area contributed by atoms with Gasteiger partial charge in [0.05, 0.1) is 13.3 Å². The average Bonchev–Trinajstić information content (AvgIpc) is 2.72. The van der Waals surface area contributed by atoms with Crippen molar-refractivity contribution in [3.8, 4) is 5.75 Å². The molecule has 1 aromatic heterocycles. The smallest absolute Gasteiger partial charge is 0.263 e. The van der Waals surface area contributed by atoms with Gasteiger partial charge in [0.15, 0.2) is 0 Å². The summed E-state index contributed by atoms with van der Waals surface area (Å²) in [7, 11) is 1.56. The molecule has 0 unspecified atom stereocenters. The van der Waals surface area contributed by atoms with Gasteiger partial charge in [-0.15, -0.1) is 0 Å². The molecule has 0 spiro atoms. The first-order valence-electron chi connectivity index (χ1n) is 4.62. The maximum absolute atomic E-state index is 5.88. The van der Waals surface area contributed by atoms with Crippen molar-refractivity contribution in [2.24, 2.45) is 5.10 Å². The van der Waals surface area contributed by atoms with Crippen LogP contribution < -0.4 is 10.5 Å². The number of nitrogen functional groups attached to an aromatic ring is 1. The molecule has 0 radical (unpaired) electrons. The number of hydrogen-bond acceptors (Lipinski definition) is 6. The largest absolute Gasteiger partial charge is 0.496 e. The predicted octanol–water partition coefficient (Wildman–Crippen LogP) is 0.799. The molecule has 8 heteroatoms. The summed E-state index contributed by atoms with van der Waals surface area (Å²) < 4.78 is 5.16. The Labute approximate surface area is 102 Å². The lowest BCUT2D eigenvalue weighted by molar-refractivity contribution is 0.414. The van der Waals surface area contributed by atoms with Gasteiger partial charge < -0.3 is 10.5 Å². The average molecular weight is 253 g/mol. The molecular formula is C9H9ClN6O. The number of halogens is 1. The van der Waals surface area contributed by atoms with Gasteiger partial charge in [0.2, 0.25) is 0 Å². The number of aromatic nitrogens is 4. The van der Waals surface area contributed by atoms with Crippen LogP contribution in [0.1, 0.15) is 5.56 Å². The molecule has 2 N–H and O–H groups in total. The molecule has 2 aromatic rings. The zero-order valence-electron chi connectivity index (χ0n) is 8.91. The van der Waals surface area contributed by atoms with Crippen LogP contribution in [0.25, 0.3) is 0 Å². The molecular weight excluding hydrogens is 244 g/mol. The molecule has 0 aliphatic heterocycles. The van der Waals surface area contributed by atoms with E-state index in [0.29, 0.717) is 16.3 Å². The Morgan fingerprint density at radius 2 is 2.35 bits per heavy atom. The zero-order chi connectivity index (χ0) is 12.3. The fourth-order valence-corrected chi connectivity index (χ4v) is 1.38. The van der Waals surface area contributed by atoms with Crippen molar-refractivity contribution in [3.05, 3.63) is 28.8 Å². The quantitative estimate of drug-likeness (QED) is 0.816. The molecule has 0 bridgehead atoms. The van der Waals surface area contributed by atoms with Gasteiger partial charge in [0.1, 0.15) is 5.75 Å². The molecule has 7 nitrogen and oxygen atoms in total. The Kier molecular flexibility index (Phi) is 3.20. The Morgan fingerprint density at radius 1 is 1.53 bits per heavy atom. The number of methoxy groups -OCH3 is 1. The van der Waals surface area contributed by atoms with Gasteiger partial charge in [-0.2, -0.15) is 5.10 Å². The second-order valence-corrected chi connectivity index (χ2v) is 3.49. The van der Waals surface area contributed by atoms with Crippen molar-refractivity contribution in [1.82, 2.24) is 20.3 Å². The summed E-state index contributed by atoms with van der Waals surface area (Å²) in [6.07, 6.45) is 1.51. The van der Waals surface area contributed by atoms with E-state index < -0.39 is 0 Å². The summed E-state index contributed by atoms with van der Waals surface area (Å²) in [6.45, 7) is 0. The second-order valence-electron chi connectivity index (χ2n) is 3.06. The second kappa shape index (κ2) is 4.79. The maximum atomic E-state index is 5.88. The van der Waals surface area contributed by atoms with Crippen molar-refractivity contribution in [2.45, 2.75) is 0 Å². The minimum absolute atomic E-state index is 0.0993. The van der Waals surface area contributed by atoms with Crippen LogP contribution in [0.5, 0.6) is 5.75 Å². The number of nitrogens with two attached hydrogens (primary N) is 1. The van der Waals surface area contributed by atoms with Crippen LogP contribution >= 0.6 is 11.6 Å². The normalized spacial score (nSPS) is 10.9. The van der Waals surface area contributed by atoms with Gasteiger partial charge in [-0.1, -0.05) is 21.5 Å². The Balaban J connectivity index is 2.32. The Bertz CT molecular complexity index is 552. The van der Waals surface area contributed by atoms with Crippen molar-refractivity contribution < 1.29 is 4.74 Å². The lowest BCUT2D eigenvalue weighted by Gasteiger charge is -2.03. The molecule has 0 saturated heterocycles. The molecule has 0 saturated carbocycles.